The summed E-state index contributed by atoms with van der Waals surface area (Å²) in [6.07, 6.45) is 7.40. The third kappa shape index (κ3) is 4.02. The van der Waals surface area contributed by atoms with Gasteiger partial charge in [0.2, 0.25) is 0 Å². The molecule has 5 heteroatoms. The molecule has 2 heterocycles. The van der Waals surface area contributed by atoms with Crippen LogP contribution in [0.2, 0.25) is 0 Å². The third-order valence-corrected chi connectivity index (χ3v) is 5.31. The van der Waals surface area contributed by atoms with E-state index in [0.29, 0.717) is 6.54 Å². The maximum atomic E-state index is 12.6. The molecule has 1 aromatic carbocycles. The summed E-state index contributed by atoms with van der Waals surface area (Å²) in [5, 5.41) is 3.11. The lowest BCUT2D eigenvalue weighted by Crippen LogP contribution is -2.40. The fourth-order valence-corrected chi connectivity index (χ4v) is 3.83. The van der Waals surface area contributed by atoms with Crippen LogP contribution in [-0.2, 0) is 0 Å². The summed E-state index contributed by atoms with van der Waals surface area (Å²) in [6, 6.07) is 11.7. The Bertz CT molecular complexity index is 651. The van der Waals surface area contributed by atoms with Crippen LogP contribution in [0, 0.1) is 0 Å². The molecule has 0 unspecified atom stereocenters. The monoisotopic (exact) mass is 344 g/mol. The minimum absolute atomic E-state index is 0.0199. The van der Waals surface area contributed by atoms with Crippen molar-refractivity contribution in [3.05, 3.63) is 54.0 Å². The second-order valence-corrected chi connectivity index (χ2v) is 6.89. The molecule has 1 aliphatic rings. The number of piperidine rings is 1. The maximum Gasteiger partial charge on any atom is 0.252 e. The van der Waals surface area contributed by atoms with Crippen molar-refractivity contribution in [1.29, 1.82) is 0 Å². The van der Waals surface area contributed by atoms with Crippen LogP contribution in [0.4, 0.5) is 0 Å². The van der Waals surface area contributed by atoms with E-state index in [1.165, 1.54) is 19.3 Å². The highest BCUT2D eigenvalue weighted by atomic mass is 32.2. The molecule has 0 bridgehead atoms. The second kappa shape index (κ2) is 8.40. The van der Waals surface area contributed by atoms with Gasteiger partial charge in [0.05, 0.1) is 17.9 Å². The number of nitrogens with zero attached hydrogens (tertiary/aromatic N) is 1. The van der Waals surface area contributed by atoms with E-state index in [0.717, 1.165) is 29.3 Å². The molecule has 3 rings (SSSR count). The number of furan rings is 1. The average Bonchev–Trinajstić information content (AvgIpc) is 3.17. The normalized spacial score (nSPS) is 16.7. The highest BCUT2D eigenvalue weighted by Crippen LogP contribution is 2.25. The second-order valence-electron chi connectivity index (χ2n) is 6.04. The Hall–Kier alpha value is -1.72. The first-order chi connectivity index (χ1) is 11.8. The van der Waals surface area contributed by atoms with E-state index in [-0.39, 0.29) is 11.9 Å². The SMILES string of the molecule is CSc1ccccc1C(=O)NC[C@@H](c1ccco1)N1CCCCC1. The summed E-state index contributed by atoms with van der Waals surface area (Å²) in [6.45, 7) is 2.68. The van der Waals surface area contributed by atoms with Gasteiger partial charge in [-0.1, -0.05) is 18.6 Å². The van der Waals surface area contributed by atoms with E-state index in [1.54, 1.807) is 18.0 Å². The molecule has 1 atom stereocenters. The fraction of sp³-hybridized carbons (Fsp3) is 0.421. The Labute approximate surface area is 147 Å². The molecule has 0 radical (unpaired) electrons. The molecular weight excluding hydrogens is 320 g/mol. The van der Waals surface area contributed by atoms with Gasteiger partial charge in [-0.2, -0.15) is 0 Å². The number of benzene rings is 1. The molecule has 24 heavy (non-hydrogen) atoms. The van der Waals surface area contributed by atoms with Crippen molar-refractivity contribution in [2.45, 2.75) is 30.2 Å². The number of carbonyl (C=O) groups is 1. The first-order valence-corrected chi connectivity index (χ1v) is 9.70. The van der Waals surface area contributed by atoms with Crippen LogP contribution in [0.25, 0.3) is 0 Å². The van der Waals surface area contributed by atoms with Gasteiger partial charge in [-0.15, -0.1) is 11.8 Å². The van der Waals surface area contributed by atoms with Crippen LogP contribution in [-0.4, -0.2) is 36.7 Å². The Kier molecular flexibility index (Phi) is 5.99. The fourth-order valence-electron chi connectivity index (χ4n) is 3.24. The topological polar surface area (TPSA) is 45.5 Å². The number of thioether (sulfide) groups is 1. The molecule has 1 saturated heterocycles. The third-order valence-electron chi connectivity index (χ3n) is 4.51. The first-order valence-electron chi connectivity index (χ1n) is 8.48. The minimum atomic E-state index is -0.0199. The first kappa shape index (κ1) is 17.1. The number of likely N-dealkylation sites (tertiary alicyclic amines) is 1. The van der Waals surface area contributed by atoms with Crippen molar-refractivity contribution in [3.63, 3.8) is 0 Å². The lowest BCUT2D eigenvalue weighted by Gasteiger charge is -2.33. The Balaban J connectivity index is 1.70. The van der Waals surface area contributed by atoms with Gasteiger partial charge in [-0.05, 0) is 56.5 Å². The molecular formula is C19H24N2O2S. The zero-order chi connectivity index (χ0) is 16.8. The van der Waals surface area contributed by atoms with Crippen molar-refractivity contribution in [1.82, 2.24) is 10.2 Å². The van der Waals surface area contributed by atoms with Crippen molar-refractivity contribution < 1.29 is 9.21 Å². The molecule has 0 saturated carbocycles. The van der Waals surface area contributed by atoms with E-state index >= 15 is 0 Å². The minimum Gasteiger partial charge on any atom is -0.468 e. The van der Waals surface area contributed by atoms with Crippen LogP contribution < -0.4 is 5.32 Å². The smallest absolute Gasteiger partial charge is 0.252 e. The highest BCUT2D eigenvalue weighted by Gasteiger charge is 2.25. The molecule has 128 valence electrons. The van der Waals surface area contributed by atoms with Gasteiger partial charge in [0.25, 0.3) is 5.91 Å². The molecule has 1 fully saturated rings. The van der Waals surface area contributed by atoms with E-state index < -0.39 is 0 Å². The van der Waals surface area contributed by atoms with Crippen LogP contribution in [0.15, 0.2) is 52.0 Å². The summed E-state index contributed by atoms with van der Waals surface area (Å²) in [5.74, 6) is 0.906. The van der Waals surface area contributed by atoms with Crippen molar-refractivity contribution >= 4 is 17.7 Å². The number of amides is 1. The zero-order valence-electron chi connectivity index (χ0n) is 14.0. The Morgan fingerprint density at radius 1 is 1.21 bits per heavy atom. The van der Waals surface area contributed by atoms with E-state index in [1.807, 2.05) is 42.7 Å². The Morgan fingerprint density at radius 2 is 2.00 bits per heavy atom. The van der Waals surface area contributed by atoms with Crippen molar-refractivity contribution in [2.75, 3.05) is 25.9 Å². The molecule has 4 nitrogen and oxygen atoms in total. The van der Waals surface area contributed by atoms with Crippen LogP contribution in [0.1, 0.15) is 41.4 Å². The van der Waals surface area contributed by atoms with Gasteiger partial charge in [0.1, 0.15) is 5.76 Å². The number of carbonyl (C=O) groups excluding carboxylic acids is 1. The summed E-state index contributed by atoms with van der Waals surface area (Å²) < 4.78 is 5.63. The van der Waals surface area contributed by atoms with Crippen molar-refractivity contribution in [2.24, 2.45) is 0 Å². The standard InChI is InChI=1S/C19H24N2O2S/c1-24-18-10-4-3-8-15(18)19(22)20-14-16(17-9-7-13-23-17)21-11-5-2-6-12-21/h3-4,7-10,13,16H,2,5-6,11-12,14H2,1H3,(H,20,22)/t16-/m0/s1. The summed E-state index contributed by atoms with van der Waals surface area (Å²) in [5.41, 5.74) is 0.738. The number of rotatable bonds is 6. The zero-order valence-corrected chi connectivity index (χ0v) is 14.8. The van der Waals surface area contributed by atoms with Crippen LogP contribution >= 0.6 is 11.8 Å². The highest BCUT2D eigenvalue weighted by molar-refractivity contribution is 7.98. The molecule has 0 aliphatic carbocycles. The van der Waals surface area contributed by atoms with Crippen LogP contribution in [0.3, 0.4) is 0 Å². The predicted molar refractivity (Wildman–Crippen MR) is 97.4 cm³/mol. The molecule has 0 spiro atoms. The lowest BCUT2D eigenvalue weighted by molar-refractivity contribution is 0.0911. The van der Waals surface area contributed by atoms with E-state index in [9.17, 15) is 4.79 Å². The summed E-state index contributed by atoms with van der Waals surface area (Å²) in [4.78, 5) is 16.0. The summed E-state index contributed by atoms with van der Waals surface area (Å²) >= 11 is 1.59. The van der Waals surface area contributed by atoms with Gasteiger partial charge in [0.15, 0.2) is 0 Å². The van der Waals surface area contributed by atoms with E-state index in [4.69, 9.17) is 4.42 Å². The average molecular weight is 344 g/mol. The maximum absolute atomic E-state index is 12.6. The van der Waals surface area contributed by atoms with Crippen LogP contribution in [0.5, 0.6) is 0 Å². The van der Waals surface area contributed by atoms with Gasteiger partial charge in [-0.25, -0.2) is 0 Å². The van der Waals surface area contributed by atoms with Gasteiger partial charge >= 0.3 is 0 Å². The molecule has 2 aromatic rings. The summed E-state index contributed by atoms with van der Waals surface area (Å²) in [7, 11) is 0. The Morgan fingerprint density at radius 3 is 2.71 bits per heavy atom. The molecule has 1 aromatic heterocycles. The van der Waals surface area contributed by atoms with E-state index in [2.05, 4.69) is 10.2 Å². The number of hydrogen-bond acceptors (Lipinski definition) is 4. The predicted octanol–water partition coefficient (Wildman–Crippen LogP) is 3.96. The van der Waals surface area contributed by atoms with Gasteiger partial charge in [0, 0.05) is 11.4 Å². The van der Waals surface area contributed by atoms with Crippen molar-refractivity contribution in [3.8, 4) is 0 Å². The molecule has 1 aliphatic heterocycles. The quantitative estimate of drug-likeness (QED) is 0.806. The lowest BCUT2D eigenvalue weighted by atomic mass is 10.1. The molecule has 1 amide bonds. The number of hydrogen-bond donors (Lipinski definition) is 1. The molecule has 1 N–H and O–H groups in total. The number of nitrogens with one attached hydrogen (secondary N) is 1. The largest absolute Gasteiger partial charge is 0.468 e. The van der Waals surface area contributed by atoms with Gasteiger partial charge < -0.3 is 9.73 Å². The van der Waals surface area contributed by atoms with Gasteiger partial charge in [-0.3, -0.25) is 9.69 Å².